The lowest BCUT2D eigenvalue weighted by molar-refractivity contribution is 0.152. The summed E-state index contributed by atoms with van der Waals surface area (Å²) in [5, 5.41) is 4.19. The van der Waals surface area contributed by atoms with Crippen LogP contribution in [-0.4, -0.2) is 40.0 Å². The van der Waals surface area contributed by atoms with E-state index in [4.69, 9.17) is 16.6 Å². The van der Waals surface area contributed by atoms with Crippen LogP contribution in [0.4, 0.5) is 0 Å². The molecular weight excluding hydrogens is 319 g/mol. The number of piperidine rings is 1. The van der Waals surface area contributed by atoms with Gasteiger partial charge in [0.1, 0.15) is 5.65 Å². The van der Waals surface area contributed by atoms with Crippen molar-refractivity contribution in [2.75, 3.05) is 19.6 Å². The van der Waals surface area contributed by atoms with Crippen LogP contribution < -0.4 is 5.32 Å². The van der Waals surface area contributed by atoms with Crippen molar-refractivity contribution in [2.45, 2.75) is 38.8 Å². The topological polar surface area (TPSA) is 32.6 Å². The summed E-state index contributed by atoms with van der Waals surface area (Å²) in [4.78, 5) is 7.31. The van der Waals surface area contributed by atoms with Gasteiger partial charge in [-0.1, -0.05) is 18.5 Å². The number of nitrogens with one attached hydrogen (secondary N) is 1. The molecule has 3 rings (SSSR count). The molecule has 2 aromatic rings. The van der Waals surface area contributed by atoms with Gasteiger partial charge in [-0.25, -0.2) is 4.98 Å². The molecule has 1 fully saturated rings. The molecule has 0 atom stereocenters. The summed E-state index contributed by atoms with van der Waals surface area (Å²) < 4.78 is 2.02. The second kappa shape index (κ2) is 8.16. The van der Waals surface area contributed by atoms with Crippen LogP contribution in [0.1, 0.15) is 31.9 Å². The first-order valence-corrected chi connectivity index (χ1v) is 8.22. The molecule has 1 aliphatic rings. The highest BCUT2D eigenvalue weighted by molar-refractivity contribution is 6.30. The lowest BCUT2D eigenvalue weighted by atomic mass is 10.0. The zero-order valence-corrected chi connectivity index (χ0v) is 14.5. The van der Waals surface area contributed by atoms with Crippen molar-refractivity contribution in [3.8, 4) is 0 Å². The lowest BCUT2D eigenvalue weighted by Crippen LogP contribution is -2.43. The van der Waals surface area contributed by atoms with Gasteiger partial charge >= 0.3 is 0 Å². The third-order valence-corrected chi connectivity index (χ3v) is 4.39. The fourth-order valence-electron chi connectivity index (χ4n) is 3.15. The SMILES string of the molecule is CCCN(Cc1cn2cc(Cl)ccc2n1)C1CCNCC1.Cl. The number of pyridine rings is 1. The molecule has 0 spiro atoms. The van der Waals surface area contributed by atoms with Crippen LogP contribution in [0, 0.1) is 0 Å². The standard InChI is InChI=1S/C16H23ClN4.ClH/c1-2-9-20(15-5-7-18-8-6-15)11-14-12-21-10-13(17)3-4-16(21)19-14;/h3-4,10,12,15,18H,2,5-9,11H2,1H3;1H. The van der Waals surface area contributed by atoms with Crippen LogP contribution in [0.5, 0.6) is 0 Å². The molecule has 6 heteroatoms. The fraction of sp³-hybridized carbons (Fsp3) is 0.562. The van der Waals surface area contributed by atoms with Gasteiger partial charge < -0.3 is 9.72 Å². The Morgan fingerprint density at radius 3 is 2.82 bits per heavy atom. The first-order valence-electron chi connectivity index (χ1n) is 7.84. The summed E-state index contributed by atoms with van der Waals surface area (Å²) in [6.45, 7) is 6.58. The zero-order valence-electron chi connectivity index (χ0n) is 13.0. The third-order valence-electron chi connectivity index (χ3n) is 4.17. The first kappa shape index (κ1) is 17.5. The lowest BCUT2D eigenvalue weighted by Gasteiger charge is -2.34. The van der Waals surface area contributed by atoms with E-state index in [1.54, 1.807) is 0 Å². The summed E-state index contributed by atoms with van der Waals surface area (Å²) in [6.07, 6.45) is 7.68. The van der Waals surface area contributed by atoms with Crippen LogP contribution in [0.25, 0.3) is 5.65 Å². The van der Waals surface area contributed by atoms with Crippen molar-refractivity contribution in [2.24, 2.45) is 0 Å². The molecule has 22 heavy (non-hydrogen) atoms. The van der Waals surface area contributed by atoms with Crippen LogP contribution in [-0.2, 0) is 6.54 Å². The summed E-state index contributed by atoms with van der Waals surface area (Å²) in [5.74, 6) is 0. The summed E-state index contributed by atoms with van der Waals surface area (Å²) >= 11 is 6.04. The minimum atomic E-state index is 0. The second-order valence-corrected chi connectivity index (χ2v) is 6.23. The highest BCUT2D eigenvalue weighted by Crippen LogP contribution is 2.17. The number of fused-ring (bicyclic) bond motifs is 1. The Kier molecular flexibility index (Phi) is 6.50. The minimum Gasteiger partial charge on any atom is -0.317 e. The van der Waals surface area contributed by atoms with Gasteiger partial charge in [0.25, 0.3) is 0 Å². The van der Waals surface area contributed by atoms with E-state index in [0.29, 0.717) is 6.04 Å². The number of hydrogen-bond donors (Lipinski definition) is 1. The minimum absolute atomic E-state index is 0. The van der Waals surface area contributed by atoms with Gasteiger partial charge in [0.15, 0.2) is 0 Å². The summed E-state index contributed by atoms with van der Waals surface area (Å²) in [6, 6.07) is 4.55. The third kappa shape index (κ3) is 4.13. The molecule has 1 saturated heterocycles. The normalized spacial score (nSPS) is 16.1. The molecule has 3 heterocycles. The van der Waals surface area contributed by atoms with Gasteiger partial charge in [0.2, 0.25) is 0 Å². The van der Waals surface area contributed by atoms with Gasteiger partial charge in [-0.3, -0.25) is 4.90 Å². The molecule has 1 aliphatic heterocycles. The van der Waals surface area contributed by atoms with E-state index in [1.165, 1.54) is 19.3 Å². The van der Waals surface area contributed by atoms with E-state index in [9.17, 15) is 0 Å². The first-order chi connectivity index (χ1) is 10.3. The quantitative estimate of drug-likeness (QED) is 0.903. The fourth-order valence-corrected chi connectivity index (χ4v) is 3.32. The Hall–Kier alpha value is -0.810. The second-order valence-electron chi connectivity index (χ2n) is 5.80. The number of aromatic nitrogens is 2. The average molecular weight is 343 g/mol. The van der Waals surface area contributed by atoms with E-state index < -0.39 is 0 Å². The maximum Gasteiger partial charge on any atom is 0.137 e. The molecule has 0 bridgehead atoms. The predicted molar refractivity (Wildman–Crippen MR) is 94.0 cm³/mol. The largest absolute Gasteiger partial charge is 0.317 e. The zero-order chi connectivity index (χ0) is 14.7. The van der Waals surface area contributed by atoms with Gasteiger partial charge in [-0.05, 0) is 51.0 Å². The van der Waals surface area contributed by atoms with E-state index >= 15 is 0 Å². The Balaban J connectivity index is 0.00000176. The van der Waals surface area contributed by atoms with Crippen LogP contribution in [0.15, 0.2) is 24.5 Å². The van der Waals surface area contributed by atoms with Crippen molar-refractivity contribution >= 4 is 29.7 Å². The highest BCUT2D eigenvalue weighted by Gasteiger charge is 2.21. The van der Waals surface area contributed by atoms with E-state index in [-0.39, 0.29) is 12.4 Å². The molecule has 1 N–H and O–H groups in total. The molecule has 0 aromatic carbocycles. The smallest absolute Gasteiger partial charge is 0.137 e. The average Bonchev–Trinajstić information content (AvgIpc) is 2.89. The van der Waals surface area contributed by atoms with E-state index in [2.05, 4.69) is 23.3 Å². The Morgan fingerprint density at radius 2 is 2.09 bits per heavy atom. The van der Waals surface area contributed by atoms with Crippen molar-refractivity contribution < 1.29 is 0 Å². The van der Waals surface area contributed by atoms with Gasteiger partial charge in [0.05, 0.1) is 10.7 Å². The van der Waals surface area contributed by atoms with Crippen molar-refractivity contribution in [1.29, 1.82) is 0 Å². The number of rotatable bonds is 5. The molecule has 4 nitrogen and oxygen atoms in total. The number of imidazole rings is 1. The monoisotopic (exact) mass is 342 g/mol. The maximum absolute atomic E-state index is 6.04. The summed E-state index contributed by atoms with van der Waals surface area (Å²) in [5.41, 5.74) is 2.10. The van der Waals surface area contributed by atoms with Crippen molar-refractivity contribution in [3.05, 3.63) is 35.2 Å². The van der Waals surface area contributed by atoms with Gasteiger partial charge in [-0.15, -0.1) is 12.4 Å². The molecule has 2 aromatic heterocycles. The molecular formula is C16H24Cl2N4. The maximum atomic E-state index is 6.04. The van der Waals surface area contributed by atoms with Gasteiger partial charge in [0, 0.05) is 25.0 Å². The van der Waals surface area contributed by atoms with E-state index in [1.807, 2.05) is 22.7 Å². The number of halogens is 2. The Labute approximate surface area is 143 Å². The molecule has 0 amide bonds. The van der Waals surface area contributed by atoms with Crippen LogP contribution in [0.2, 0.25) is 5.02 Å². The van der Waals surface area contributed by atoms with E-state index in [0.717, 1.165) is 42.5 Å². The Morgan fingerprint density at radius 1 is 1.32 bits per heavy atom. The van der Waals surface area contributed by atoms with Gasteiger partial charge in [-0.2, -0.15) is 0 Å². The van der Waals surface area contributed by atoms with Crippen molar-refractivity contribution in [3.63, 3.8) is 0 Å². The van der Waals surface area contributed by atoms with Crippen LogP contribution in [0.3, 0.4) is 0 Å². The number of hydrogen-bond acceptors (Lipinski definition) is 3. The predicted octanol–water partition coefficient (Wildman–Crippen LogP) is 3.37. The Bertz CT molecular complexity index is 593. The molecule has 0 radical (unpaired) electrons. The highest BCUT2D eigenvalue weighted by atomic mass is 35.5. The molecule has 0 unspecified atom stereocenters. The van der Waals surface area contributed by atoms with Crippen molar-refractivity contribution in [1.82, 2.24) is 19.6 Å². The molecule has 0 saturated carbocycles. The summed E-state index contributed by atoms with van der Waals surface area (Å²) in [7, 11) is 0. The molecule has 122 valence electrons. The van der Waals surface area contributed by atoms with Crippen LogP contribution >= 0.6 is 24.0 Å². The molecule has 0 aliphatic carbocycles. The number of nitrogens with zero attached hydrogens (tertiary/aromatic N) is 3.